The summed E-state index contributed by atoms with van der Waals surface area (Å²) in [4.78, 5) is 19.0. The highest BCUT2D eigenvalue weighted by molar-refractivity contribution is 5.94. The number of fused-ring (bicyclic) bond motifs is 1. The Labute approximate surface area is 191 Å². The lowest BCUT2D eigenvalue weighted by Gasteiger charge is -2.30. The van der Waals surface area contributed by atoms with Gasteiger partial charge in [-0.05, 0) is 54.6 Å². The molecule has 0 spiro atoms. The van der Waals surface area contributed by atoms with Gasteiger partial charge in [0.15, 0.2) is 5.96 Å². The van der Waals surface area contributed by atoms with Crippen molar-refractivity contribution >= 4 is 17.6 Å². The average molecular weight is 434 g/mol. The van der Waals surface area contributed by atoms with Gasteiger partial charge in [0.05, 0.1) is 0 Å². The molecular weight excluding hydrogens is 398 g/mol. The van der Waals surface area contributed by atoms with Crippen LogP contribution in [0.25, 0.3) is 0 Å². The second-order valence-electron chi connectivity index (χ2n) is 9.12. The van der Waals surface area contributed by atoms with Crippen LogP contribution in [0.4, 0.5) is 5.69 Å². The van der Waals surface area contributed by atoms with Crippen molar-refractivity contribution in [2.45, 2.75) is 45.2 Å². The van der Waals surface area contributed by atoms with Gasteiger partial charge in [-0.25, -0.2) is 0 Å². The molecule has 0 aromatic heterocycles. The van der Waals surface area contributed by atoms with Crippen molar-refractivity contribution in [1.82, 2.24) is 15.5 Å². The number of carbonyl (C=O) groups is 1. The Balaban J connectivity index is 1.29. The quantitative estimate of drug-likeness (QED) is 0.480. The third-order valence-electron chi connectivity index (χ3n) is 6.58. The number of nitrogens with zero attached hydrogens (tertiary/aromatic N) is 2. The fraction of sp³-hybridized carbons (Fsp3) is 0.462. The molecule has 3 N–H and O–H groups in total. The van der Waals surface area contributed by atoms with Gasteiger partial charge in [0.25, 0.3) is 0 Å². The van der Waals surface area contributed by atoms with Crippen LogP contribution in [0, 0.1) is 5.92 Å². The Morgan fingerprint density at radius 2 is 1.88 bits per heavy atom. The smallest absolute Gasteiger partial charge is 0.225 e. The number of amides is 1. The number of para-hydroxylation sites is 1. The van der Waals surface area contributed by atoms with Gasteiger partial charge in [-0.2, -0.15) is 0 Å². The summed E-state index contributed by atoms with van der Waals surface area (Å²) in [6.07, 6.45) is 3.09. The molecule has 2 heterocycles. The van der Waals surface area contributed by atoms with Gasteiger partial charge >= 0.3 is 0 Å². The van der Waals surface area contributed by atoms with Crippen molar-refractivity contribution in [2.75, 3.05) is 32.0 Å². The maximum atomic E-state index is 12.1. The number of benzene rings is 2. The number of guanidine groups is 1. The Morgan fingerprint density at radius 1 is 1.09 bits per heavy atom. The fourth-order valence-electron chi connectivity index (χ4n) is 4.63. The predicted octanol–water partition coefficient (Wildman–Crippen LogP) is 3.71. The first-order chi connectivity index (χ1) is 15.6. The van der Waals surface area contributed by atoms with Crippen molar-refractivity contribution in [3.05, 3.63) is 65.2 Å². The molecule has 0 bridgehead atoms. The molecule has 6 nitrogen and oxygen atoms in total. The SMILES string of the molecule is CN=C(NCc1cccc(CN2CCC(C)CC2)c1)NCC1CC(=O)Nc2ccccc21. The Kier molecular flexibility index (Phi) is 7.43. The molecule has 6 heteroatoms. The van der Waals surface area contributed by atoms with Gasteiger partial charge < -0.3 is 16.0 Å². The highest BCUT2D eigenvalue weighted by Gasteiger charge is 2.24. The highest BCUT2D eigenvalue weighted by Crippen LogP contribution is 2.31. The third kappa shape index (κ3) is 5.88. The largest absolute Gasteiger partial charge is 0.356 e. The van der Waals surface area contributed by atoms with Crippen LogP contribution in [0.1, 0.15) is 48.8 Å². The summed E-state index contributed by atoms with van der Waals surface area (Å²) < 4.78 is 0. The molecule has 2 aromatic rings. The normalized spacial score (nSPS) is 19.9. The number of anilines is 1. The van der Waals surface area contributed by atoms with Gasteiger partial charge in [0.1, 0.15) is 0 Å². The molecule has 2 aliphatic heterocycles. The monoisotopic (exact) mass is 433 g/mol. The highest BCUT2D eigenvalue weighted by atomic mass is 16.1. The standard InChI is InChI=1S/C26H35N5O/c1-19-10-12-31(13-11-19)18-21-7-5-6-20(14-21)16-28-26(27-2)29-17-22-15-25(32)30-24-9-4-3-8-23(22)24/h3-9,14,19,22H,10-13,15-18H2,1-2H3,(H,30,32)(H2,27,28,29). The predicted molar refractivity (Wildman–Crippen MR) is 131 cm³/mol. The molecule has 1 saturated heterocycles. The van der Waals surface area contributed by atoms with Crippen LogP contribution in [0.2, 0.25) is 0 Å². The number of likely N-dealkylation sites (tertiary alicyclic amines) is 1. The summed E-state index contributed by atoms with van der Waals surface area (Å²) in [6, 6.07) is 16.8. The summed E-state index contributed by atoms with van der Waals surface area (Å²) in [7, 11) is 1.78. The van der Waals surface area contributed by atoms with Gasteiger partial charge in [-0.3, -0.25) is 14.7 Å². The molecule has 1 atom stereocenters. The van der Waals surface area contributed by atoms with E-state index in [4.69, 9.17) is 0 Å². The van der Waals surface area contributed by atoms with Crippen molar-refractivity contribution in [2.24, 2.45) is 10.9 Å². The minimum absolute atomic E-state index is 0.0680. The minimum atomic E-state index is 0.0680. The van der Waals surface area contributed by atoms with E-state index >= 15 is 0 Å². The molecule has 32 heavy (non-hydrogen) atoms. The maximum Gasteiger partial charge on any atom is 0.225 e. The van der Waals surface area contributed by atoms with Crippen LogP contribution in [-0.4, -0.2) is 43.4 Å². The van der Waals surface area contributed by atoms with Crippen LogP contribution < -0.4 is 16.0 Å². The zero-order valence-electron chi connectivity index (χ0n) is 19.2. The van der Waals surface area contributed by atoms with Crippen molar-refractivity contribution in [3.8, 4) is 0 Å². The number of carbonyl (C=O) groups excluding carboxylic acids is 1. The number of hydrogen-bond acceptors (Lipinski definition) is 3. The van der Waals surface area contributed by atoms with E-state index in [-0.39, 0.29) is 11.8 Å². The van der Waals surface area contributed by atoms with E-state index in [1.165, 1.54) is 42.6 Å². The molecule has 2 aromatic carbocycles. The van der Waals surface area contributed by atoms with E-state index in [1.807, 2.05) is 18.2 Å². The Bertz CT molecular complexity index is 949. The van der Waals surface area contributed by atoms with E-state index in [2.05, 4.69) is 63.1 Å². The molecule has 1 fully saturated rings. The summed E-state index contributed by atoms with van der Waals surface area (Å²) in [6.45, 7) is 7.15. The Hall–Kier alpha value is -2.86. The van der Waals surface area contributed by atoms with Crippen molar-refractivity contribution < 1.29 is 4.79 Å². The van der Waals surface area contributed by atoms with Crippen LogP contribution in [0.15, 0.2) is 53.5 Å². The molecule has 1 amide bonds. The number of hydrogen-bond donors (Lipinski definition) is 3. The lowest BCUT2D eigenvalue weighted by molar-refractivity contribution is -0.116. The van der Waals surface area contributed by atoms with Gasteiger partial charge in [0, 0.05) is 44.7 Å². The number of rotatable bonds is 6. The zero-order valence-corrected chi connectivity index (χ0v) is 19.2. The van der Waals surface area contributed by atoms with Crippen LogP contribution >= 0.6 is 0 Å². The van der Waals surface area contributed by atoms with Crippen LogP contribution in [0.5, 0.6) is 0 Å². The van der Waals surface area contributed by atoms with Crippen LogP contribution in [-0.2, 0) is 17.9 Å². The molecule has 0 radical (unpaired) electrons. The van der Waals surface area contributed by atoms with Crippen molar-refractivity contribution in [3.63, 3.8) is 0 Å². The van der Waals surface area contributed by atoms with E-state index in [1.54, 1.807) is 7.05 Å². The van der Waals surface area contributed by atoms with Crippen LogP contribution in [0.3, 0.4) is 0 Å². The fourth-order valence-corrected chi connectivity index (χ4v) is 4.63. The molecule has 1 unspecified atom stereocenters. The van der Waals surface area contributed by atoms with E-state index in [0.717, 1.165) is 24.1 Å². The maximum absolute atomic E-state index is 12.1. The summed E-state index contributed by atoms with van der Waals surface area (Å²) >= 11 is 0. The first kappa shape index (κ1) is 22.3. The molecule has 0 saturated carbocycles. The van der Waals surface area contributed by atoms with E-state index in [9.17, 15) is 4.79 Å². The number of piperidine rings is 1. The van der Waals surface area contributed by atoms with E-state index in [0.29, 0.717) is 19.5 Å². The number of nitrogens with one attached hydrogen (secondary N) is 3. The number of aliphatic imine (C=N–C) groups is 1. The second kappa shape index (κ2) is 10.6. The molecule has 2 aliphatic rings. The lowest BCUT2D eigenvalue weighted by Crippen LogP contribution is -2.40. The topological polar surface area (TPSA) is 68.8 Å². The summed E-state index contributed by atoms with van der Waals surface area (Å²) in [5.74, 6) is 1.81. The summed E-state index contributed by atoms with van der Waals surface area (Å²) in [5, 5.41) is 9.79. The molecule has 170 valence electrons. The van der Waals surface area contributed by atoms with Gasteiger partial charge in [0.2, 0.25) is 5.91 Å². The summed E-state index contributed by atoms with van der Waals surface area (Å²) in [5.41, 5.74) is 4.71. The first-order valence-electron chi connectivity index (χ1n) is 11.7. The zero-order chi connectivity index (χ0) is 22.3. The lowest BCUT2D eigenvalue weighted by atomic mass is 9.90. The minimum Gasteiger partial charge on any atom is -0.356 e. The molecule has 0 aliphatic carbocycles. The molecular formula is C26H35N5O. The van der Waals surface area contributed by atoms with Gasteiger partial charge in [-0.1, -0.05) is 49.4 Å². The third-order valence-corrected chi connectivity index (χ3v) is 6.58. The van der Waals surface area contributed by atoms with E-state index < -0.39 is 0 Å². The van der Waals surface area contributed by atoms with Gasteiger partial charge in [-0.15, -0.1) is 0 Å². The average Bonchev–Trinajstić information content (AvgIpc) is 2.81. The van der Waals surface area contributed by atoms with Crippen molar-refractivity contribution in [1.29, 1.82) is 0 Å². The first-order valence-corrected chi connectivity index (χ1v) is 11.7. The second-order valence-corrected chi connectivity index (χ2v) is 9.12. The Morgan fingerprint density at radius 3 is 2.69 bits per heavy atom. The molecule has 4 rings (SSSR count).